The summed E-state index contributed by atoms with van der Waals surface area (Å²) in [5.74, 6) is 0.627. The Hall–Kier alpha value is -1.51. The Kier molecular flexibility index (Phi) is 4.35. The Morgan fingerprint density at radius 1 is 1.31 bits per heavy atom. The van der Waals surface area contributed by atoms with Gasteiger partial charge in [-0.15, -0.1) is 0 Å². The van der Waals surface area contributed by atoms with E-state index < -0.39 is 0 Å². The standard InChI is InChI=1S/C13H19NO2/c1-4-13(2,3)14-12(15)10-16-11-8-6-5-7-9-11/h5-9H,4,10H2,1-3H3,(H,14,15). The lowest BCUT2D eigenvalue weighted by Crippen LogP contribution is -2.44. The van der Waals surface area contributed by atoms with Crippen LogP contribution in [0.3, 0.4) is 0 Å². The molecule has 0 bridgehead atoms. The topological polar surface area (TPSA) is 38.3 Å². The van der Waals surface area contributed by atoms with Crippen LogP contribution in [0, 0.1) is 0 Å². The van der Waals surface area contributed by atoms with Gasteiger partial charge >= 0.3 is 0 Å². The first-order valence-corrected chi connectivity index (χ1v) is 5.52. The third kappa shape index (κ3) is 4.34. The number of amides is 1. The molecule has 88 valence electrons. The molecule has 0 radical (unpaired) electrons. The first-order chi connectivity index (χ1) is 7.53. The monoisotopic (exact) mass is 221 g/mol. The summed E-state index contributed by atoms with van der Waals surface area (Å²) in [6.07, 6.45) is 0.893. The number of benzene rings is 1. The highest BCUT2D eigenvalue weighted by atomic mass is 16.5. The molecule has 0 aromatic heterocycles. The Morgan fingerprint density at radius 2 is 1.94 bits per heavy atom. The van der Waals surface area contributed by atoms with Gasteiger partial charge in [-0.05, 0) is 32.4 Å². The molecule has 1 aromatic rings. The minimum Gasteiger partial charge on any atom is -0.484 e. The van der Waals surface area contributed by atoms with Crippen LogP contribution in [0.5, 0.6) is 5.75 Å². The molecule has 0 saturated carbocycles. The Bertz CT molecular complexity index is 333. The highest BCUT2D eigenvalue weighted by molar-refractivity contribution is 5.78. The number of rotatable bonds is 5. The summed E-state index contributed by atoms with van der Waals surface area (Å²) < 4.78 is 5.35. The summed E-state index contributed by atoms with van der Waals surface area (Å²) in [4.78, 5) is 11.6. The summed E-state index contributed by atoms with van der Waals surface area (Å²) in [7, 11) is 0. The zero-order chi connectivity index (χ0) is 12.0. The van der Waals surface area contributed by atoms with Crippen molar-refractivity contribution < 1.29 is 9.53 Å². The van der Waals surface area contributed by atoms with Crippen LogP contribution in [0.25, 0.3) is 0 Å². The average Bonchev–Trinajstić information content (AvgIpc) is 2.27. The van der Waals surface area contributed by atoms with Crippen molar-refractivity contribution >= 4 is 5.91 Å². The molecule has 0 aliphatic heterocycles. The lowest BCUT2D eigenvalue weighted by molar-refractivity contribution is -0.124. The molecule has 1 aromatic carbocycles. The van der Waals surface area contributed by atoms with Crippen LogP contribution in [-0.4, -0.2) is 18.1 Å². The highest BCUT2D eigenvalue weighted by Gasteiger charge is 2.17. The smallest absolute Gasteiger partial charge is 0.258 e. The van der Waals surface area contributed by atoms with Gasteiger partial charge in [0.25, 0.3) is 5.91 Å². The first kappa shape index (κ1) is 12.6. The summed E-state index contributed by atoms with van der Waals surface area (Å²) in [5.41, 5.74) is -0.170. The van der Waals surface area contributed by atoms with E-state index in [4.69, 9.17) is 4.74 Å². The first-order valence-electron chi connectivity index (χ1n) is 5.52. The molecule has 0 aliphatic carbocycles. The van der Waals surface area contributed by atoms with Crippen LogP contribution in [0.2, 0.25) is 0 Å². The van der Waals surface area contributed by atoms with Crippen molar-refractivity contribution in [3.05, 3.63) is 30.3 Å². The van der Waals surface area contributed by atoms with Crippen LogP contribution in [0.4, 0.5) is 0 Å². The predicted molar refractivity (Wildman–Crippen MR) is 64.4 cm³/mol. The van der Waals surface area contributed by atoms with E-state index >= 15 is 0 Å². The summed E-state index contributed by atoms with van der Waals surface area (Å²) in [6.45, 7) is 6.09. The number of carbonyl (C=O) groups excluding carboxylic acids is 1. The van der Waals surface area contributed by atoms with E-state index in [9.17, 15) is 4.79 Å². The Morgan fingerprint density at radius 3 is 2.50 bits per heavy atom. The quantitative estimate of drug-likeness (QED) is 0.829. The van der Waals surface area contributed by atoms with E-state index in [-0.39, 0.29) is 18.1 Å². The van der Waals surface area contributed by atoms with Gasteiger partial charge in [-0.2, -0.15) is 0 Å². The van der Waals surface area contributed by atoms with Gasteiger partial charge in [0, 0.05) is 5.54 Å². The van der Waals surface area contributed by atoms with Crippen LogP contribution >= 0.6 is 0 Å². The fraction of sp³-hybridized carbons (Fsp3) is 0.462. The van der Waals surface area contributed by atoms with Crippen molar-refractivity contribution in [2.24, 2.45) is 0 Å². The summed E-state index contributed by atoms with van der Waals surface area (Å²) >= 11 is 0. The number of nitrogens with one attached hydrogen (secondary N) is 1. The number of hydrogen-bond acceptors (Lipinski definition) is 2. The number of para-hydroxylation sites is 1. The van der Waals surface area contributed by atoms with Gasteiger partial charge in [0.1, 0.15) is 5.75 Å². The molecule has 0 atom stereocenters. The van der Waals surface area contributed by atoms with Gasteiger partial charge in [0.05, 0.1) is 0 Å². The fourth-order valence-electron chi connectivity index (χ4n) is 1.17. The van der Waals surface area contributed by atoms with Crippen molar-refractivity contribution in [3.63, 3.8) is 0 Å². The van der Waals surface area contributed by atoms with Crippen molar-refractivity contribution in [1.82, 2.24) is 5.32 Å². The van der Waals surface area contributed by atoms with E-state index in [2.05, 4.69) is 5.32 Å². The predicted octanol–water partition coefficient (Wildman–Crippen LogP) is 2.37. The van der Waals surface area contributed by atoms with Crippen molar-refractivity contribution in [2.45, 2.75) is 32.7 Å². The van der Waals surface area contributed by atoms with E-state index in [0.29, 0.717) is 5.75 Å². The minimum absolute atomic E-state index is 0.0629. The van der Waals surface area contributed by atoms with Gasteiger partial charge in [0.2, 0.25) is 0 Å². The third-order valence-electron chi connectivity index (χ3n) is 2.47. The third-order valence-corrected chi connectivity index (χ3v) is 2.47. The van der Waals surface area contributed by atoms with Crippen molar-refractivity contribution in [3.8, 4) is 5.75 Å². The maximum absolute atomic E-state index is 11.6. The lowest BCUT2D eigenvalue weighted by atomic mass is 10.0. The average molecular weight is 221 g/mol. The van der Waals surface area contributed by atoms with Crippen LogP contribution in [-0.2, 0) is 4.79 Å². The van der Waals surface area contributed by atoms with Gasteiger partial charge < -0.3 is 10.1 Å². The SMILES string of the molecule is CCC(C)(C)NC(=O)COc1ccccc1. The molecule has 1 amide bonds. The zero-order valence-corrected chi connectivity index (χ0v) is 10.1. The maximum atomic E-state index is 11.6. The van der Waals surface area contributed by atoms with E-state index in [1.54, 1.807) is 0 Å². The minimum atomic E-state index is -0.170. The second-order valence-electron chi connectivity index (χ2n) is 4.39. The van der Waals surface area contributed by atoms with Gasteiger partial charge in [-0.1, -0.05) is 25.1 Å². The van der Waals surface area contributed by atoms with E-state index in [1.165, 1.54) is 0 Å². The van der Waals surface area contributed by atoms with E-state index in [1.807, 2.05) is 51.1 Å². The fourth-order valence-corrected chi connectivity index (χ4v) is 1.17. The lowest BCUT2D eigenvalue weighted by Gasteiger charge is -2.24. The Balaban J connectivity index is 2.36. The van der Waals surface area contributed by atoms with Crippen LogP contribution in [0.1, 0.15) is 27.2 Å². The van der Waals surface area contributed by atoms with Gasteiger partial charge in [-0.3, -0.25) is 4.79 Å². The van der Waals surface area contributed by atoms with Crippen LogP contribution in [0.15, 0.2) is 30.3 Å². The molecule has 0 saturated heterocycles. The van der Waals surface area contributed by atoms with Gasteiger partial charge in [-0.25, -0.2) is 0 Å². The number of carbonyl (C=O) groups is 1. The molecule has 0 unspecified atom stereocenters. The molecule has 3 heteroatoms. The molecular formula is C13H19NO2. The van der Waals surface area contributed by atoms with Crippen LogP contribution < -0.4 is 10.1 Å². The molecule has 0 heterocycles. The molecule has 0 spiro atoms. The Labute approximate surface area is 96.8 Å². The molecule has 1 rings (SSSR count). The molecule has 0 aliphatic rings. The molecule has 0 fully saturated rings. The van der Waals surface area contributed by atoms with E-state index in [0.717, 1.165) is 6.42 Å². The zero-order valence-electron chi connectivity index (χ0n) is 10.1. The maximum Gasteiger partial charge on any atom is 0.258 e. The molecule has 1 N–H and O–H groups in total. The van der Waals surface area contributed by atoms with Crippen molar-refractivity contribution in [2.75, 3.05) is 6.61 Å². The number of hydrogen-bond donors (Lipinski definition) is 1. The molecule has 16 heavy (non-hydrogen) atoms. The second-order valence-corrected chi connectivity index (χ2v) is 4.39. The molecule has 3 nitrogen and oxygen atoms in total. The number of ether oxygens (including phenoxy) is 1. The second kappa shape index (κ2) is 5.54. The highest BCUT2D eigenvalue weighted by Crippen LogP contribution is 2.09. The molecular weight excluding hydrogens is 202 g/mol. The van der Waals surface area contributed by atoms with Crippen molar-refractivity contribution in [1.29, 1.82) is 0 Å². The largest absolute Gasteiger partial charge is 0.484 e. The summed E-state index contributed by atoms with van der Waals surface area (Å²) in [6, 6.07) is 9.33. The normalized spacial score (nSPS) is 10.9. The van der Waals surface area contributed by atoms with Gasteiger partial charge in [0.15, 0.2) is 6.61 Å². The summed E-state index contributed by atoms with van der Waals surface area (Å²) in [5, 5.41) is 2.91.